The van der Waals surface area contributed by atoms with Crippen LogP contribution in [0.4, 0.5) is 5.69 Å². The lowest BCUT2D eigenvalue weighted by atomic mass is 10.2. The van der Waals surface area contributed by atoms with E-state index in [-0.39, 0.29) is 10.8 Å². The van der Waals surface area contributed by atoms with E-state index in [4.69, 9.17) is 27.9 Å². The van der Waals surface area contributed by atoms with Crippen LogP contribution < -0.4 is 10.2 Å². The minimum Gasteiger partial charge on any atom is -0.497 e. The van der Waals surface area contributed by atoms with Crippen molar-refractivity contribution in [2.45, 2.75) is 12.1 Å². The number of hydrogen-bond acceptors (Lipinski definition) is 7. The third-order valence-corrected chi connectivity index (χ3v) is 6.25. The number of nitrogens with one attached hydrogen (secondary N) is 1. The molecule has 34 heavy (non-hydrogen) atoms. The Balaban J connectivity index is 1.72. The van der Waals surface area contributed by atoms with Gasteiger partial charge in [-0.05, 0) is 66.4 Å². The third kappa shape index (κ3) is 5.41. The highest BCUT2D eigenvalue weighted by Crippen LogP contribution is 2.34. The van der Waals surface area contributed by atoms with E-state index in [1.165, 1.54) is 6.92 Å². The maximum Gasteiger partial charge on any atom is 0.202 e. The molecule has 0 unspecified atom stereocenters. The molecule has 0 spiro atoms. The summed E-state index contributed by atoms with van der Waals surface area (Å²) in [5, 5.41) is 14.6. The summed E-state index contributed by atoms with van der Waals surface area (Å²) in [4.78, 5) is 12.4. The Morgan fingerprint density at radius 3 is 2.41 bits per heavy atom. The number of hydrazone groups is 1. The lowest BCUT2D eigenvalue weighted by molar-refractivity contribution is -0.110. The van der Waals surface area contributed by atoms with Crippen molar-refractivity contribution in [1.82, 2.24) is 14.8 Å². The number of rotatable bonds is 7. The number of ether oxygens (including phenoxy) is 1. The molecular formula is C24H19Cl2N5O2S. The number of halogens is 2. The van der Waals surface area contributed by atoms with Crippen molar-refractivity contribution >= 4 is 51.5 Å². The molecule has 0 saturated carbocycles. The Kier molecular flexibility index (Phi) is 7.52. The number of Topliss-reactive ketones (excluding diaryl/α,β-unsaturated/α-hetero) is 1. The molecule has 1 aromatic heterocycles. The molecule has 172 valence electrons. The summed E-state index contributed by atoms with van der Waals surface area (Å²) in [6, 6.07) is 21.9. The Bertz CT molecular complexity index is 1340. The maximum absolute atomic E-state index is 12.4. The Morgan fingerprint density at radius 2 is 1.76 bits per heavy atom. The van der Waals surface area contributed by atoms with Crippen molar-refractivity contribution in [1.29, 1.82) is 0 Å². The van der Waals surface area contributed by atoms with Crippen molar-refractivity contribution in [3.63, 3.8) is 0 Å². The molecule has 1 heterocycles. The summed E-state index contributed by atoms with van der Waals surface area (Å²) in [5.41, 5.74) is 5.08. The van der Waals surface area contributed by atoms with E-state index in [9.17, 15) is 4.79 Å². The third-order valence-electron chi connectivity index (χ3n) is 4.69. The summed E-state index contributed by atoms with van der Waals surface area (Å²) in [6.07, 6.45) is 0. The molecule has 0 radical (unpaired) electrons. The van der Waals surface area contributed by atoms with E-state index in [1.807, 2.05) is 34.9 Å². The average Bonchev–Trinajstić information content (AvgIpc) is 3.25. The van der Waals surface area contributed by atoms with Crippen molar-refractivity contribution < 1.29 is 9.53 Å². The molecule has 0 saturated heterocycles. The number of aromatic nitrogens is 3. The van der Waals surface area contributed by atoms with Crippen molar-refractivity contribution in [2.24, 2.45) is 5.10 Å². The molecule has 7 nitrogen and oxygen atoms in total. The lowest BCUT2D eigenvalue weighted by Gasteiger charge is -2.11. The van der Waals surface area contributed by atoms with Gasteiger partial charge in [0.05, 0.1) is 17.8 Å². The van der Waals surface area contributed by atoms with E-state index < -0.39 is 0 Å². The molecule has 0 aliphatic carbocycles. The van der Waals surface area contributed by atoms with Gasteiger partial charge in [-0.15, -0.1) is 10.2 Å². The second kappa shape index (κ2) is 10.7. The van der Waals surface area contributed by atoms with Gasteiger partial charge in [0.2, 0.25) is 5.16 Å². The molecule has 10 heteroatoms. The van der Waals surface area contributed by atoms with Crippen LogP contribution in [0.2, 0.25) is 10.0 Å². The van der Waals surface area contributed by atoms with Crippen LogP contribution in [0.1, 0.15) is 6.92 Å². The van der Waals surface area contributed by atoms with Crippen LogP contribution in [0, 0.1) is 0 Å². The zero-order chi connectivity index (χ0) is 24.1. The fourth-order valence-corrected chi connectivity index (χ4v) is 4.30. The monoisotopic (exact) mass is 511 g/mol. The number of carbonyl (C=O) groups excluding carboxylic acids is 1. The molecule has 4 rings (SSSR count). The molecule has 0 aliphatic rings. The molecule has 0 bridgehead atoms. The van der Waals surface area contributed by atoms with Crippen LogP contribution in [0.15, 0.2) is 83.1 Å². The Morgan fingerprint density at radius 1 is 1.03 bits per heavy atom. The number of methoxy groups -OCH3 is 1. The normalized spacial score (nSPS) is 11.4. The van der Waals surface area contributed by atoms with Gasteiger partial charge < -0.3 is 4.74 Å². The molecule has 4 aromatic rings. The smallest absolute Gasteiger partial charge is 0.202 e. The number of nitrogens with zero attached hydrogens (tertiary/aromatic N) is 4. The minimum absolute atomic E-state index is 0.217. The van der Waals surface area contributed by atoms with Gasteiger partial charge >= 0.3 is 0 Å². The highest BCUT2D eigenvalue weighted by atomic mass is 35.5. The first kappa shape index (κ1) is 23.8. The van der Waals surface area contributed by atoms with E-state index in [0.29, 0.717) is 32.3 Å². The molecule has 0 fully saturated rings. The van der Waals surface area contributed by atoms with Crippen molar-refractivity contribution in [3.05, 3.63) is 82.8 Å². The largest absolute Gasteiger partial charge is 0.497 e. The summed E-state index contributed by atoms with van der Waals surface area (Å²) >= 11 is 13.6. The van der Waals surface area contributed by atoms with E-state index >= 15 is 0 Å². The van der Waals surface area contributed by atoms with Gasteiger partial charge in [0.1, 0.15) is 5.75 Å². The van der Waals surface area contributed by atoms with Gasteiger partial charge in [-0.1, -0.05) is 41.4 Å². The number of thioether (sulfide) groups is 1. The average molecular weight is 512 g/mol. The van der Waals surface area contributed by atoms with Crippen LogP contribution in [0.25, 0.3) is 17.1 Å². The maximum atomic E-state index is 12.4. The van der Waals surface area contributed by atoms with E-state index in [0.717, 1.165) is 23.2 Å². The zero-order valence-corrected chi connectivity index (χ0v) is 20.5. The van der Waals surface area contributed by atoms with Crippen LogP contribution in [-0.2, 0) is 4.79 Å². The van der Waals surface area contributed by atoms with Crippen molar-refractivity contribution in [3.8, 4) is 22.8 Å². The molecule has 0 aliphatic heterocycles. The summed E-state index contributed by atoms with van der Waals surface area (Å²) in [5.74, 6) is 1.01. The second-order valence-electron chi connectivity index (χ2n) is 7.02. The van der Waals surface area contributed by atoms with Crippen LogP contribution in [-0.4, -0.2) is 32.7 Å². The predicted molar refractivity (Wildman–Crippen MR) is 137 cm³/mol. The van der Waals surface area contributed by atoms with Crippen LogP contribution in [0.3, 0.4) is 0 Å². The number of carbonyl (C=O) groups is 1. The molecule has 1 N–H and O–H groups in total. The van der Waals surface area contributed by atoms with Crippen LogP contribution >= 0.6 is 35.0 Å². The van der Waals surface area contributed by atoms with E-state index in [1.54, 1.807) is 49.6 Å². The summed E-state index contributed by atoms with van der Waals surface area (Å²) in [6.45, 7) is 1.45. The molecule has 0 amide bonds. The van der Waals surface area contributed by atoms with Crippen molar-refractivity contribution in [2.75, 3.05) is 12.5 Å². The van der Waals surface area contributed by atoms with Gasteiger partial charge in [0, 0.05) is 23.2 Å². The Hall–Kier alpha value is -3.33. The SMILES string of the molecule is COc1ccc(NN=C(Sc2nnc(-c3ccc(Cl)cc3Cl)n2-c2ccccc2)C(C)=O)cc1. The highest BCUT2D eigenvalue weighted by Gasteiger charge is 2.21. The molecular weight excluding hydrogens is 493 g/mol. The highest BCUT2D eigenvalue weighted by molar-refractivity contribution is 8.15. The van der Waals surface area contributed by atoms with Gasteiger partial charge in [-0.2, -0.15) is 5.10 Å². The Labute approximate surface area is 210 Å². The standard InChI is InChI=1S/C24H19Cl2N5O2S/c1-15(32)23(29-27-17-9-11-19(33-2)12-10-17)34-24-30-28-22(20-13-8-16(25)14-21(20)26)31(24)18-6-4-3-5-7-18/h3-14,27H,1-2H3. The first-order chi connectivity index (χ1) is 16.5. The quantitative estimate of drug-likeness (QED) is 0.134. The topological polar surface area (TPSA) is 81.4 Å². The first-order valence-corrected chi connectivity index (χ1v) is 11.7. The number of para-hydroxylation sites is 1. The molecule has 3 aromatic carbocycles. The van der Waals surface area contributed by atoms with E-state index in [2.05, 4.69) is 20.7 Å². The second-order valence-corrected chi connectivity index (χ2v) is 8.82. The summed E-state index contributed by atoms with van der Waals surface area (Å²) in [7, 11) is 1.60. The van der Waals surface area contributed by atoms with Gasteiger partial charge in [-0.25, -0.2) is 0 Å². The minimum atomic E-state index is -0.223. The fourth-order valence-electron chi connectivity index (χ4n) is 3.03. The van der Waals surface area contributed by atoms with Gasteiger partial charge in [0.15, 0.2) is 16.7 Å². The number of hydrogen-bond donors (Lipinski definition) is 1. The fraction of sp³-hybridized carbons (Fsp3) is 0.0833. The van der Waals surface area contributed by atoms with Gasteiger partial charge in [-0.3, -0.25) is 14.8 Å². The van der Waals surface area contributed by atoms with Crippen LogP contribution in [0.5, 0.6) is 5.75 Å². The predicted octanol–water partition coefficient (Wildman–Crippen LogP) is 6.36. The number of ketones is 1. The number of anilines is 1. The number of benzene rings is 3. The first-order valence-electron chi connectivity index (χ1n) is 10.1. The summed E-state index contributed by atoms with van der Waals surface area (Å²) < 4.78 is 6.99. The lowest BCUT2D eigenvalue weighted by Crippen LogP contribution is -2.10. The zero-order valence-electron chi connectivity index (χ0n) is 18.2. The van der Waals surface area contributed by atoms with Gasteiger partial charge in [0.25, 0.3) is 0 Å². The molecule has 0 atom stereocenters.